The van der Waals surface area contributed by atoms with Crippen molar-refractivity contribution in [2.24, 2.45) is 5.73 Å². The Morgan fingerprint density at radius 2 is 0.889 bits per heavy atom. The molecule has 238 valence electrons. The van der Waals surface area contributed by atoms with Crippen LogP contribution in [0.4, 0.5) is 0 Å². The van der Waals surface area contributed by atoms with Crippen LogP contribution in [0.15, 0.2) is 72.8 Å². The van der Waals surface area contributed by atoms with Crippen LogP contribution in [0, 0.1) is 0 Å². The lowest BCUT2D eigenvalue weighted by Crippen LogP contribution is -2.58. The Morgan fingerprint density at radius 3 is 1.31 bits per heavy atom. The third kappa shape index (κ3) is 10.9. The summed E-state index contributed by atoms with van der Waals surface area (Å²) in [5.74, 6) is -5.71. The molecule has 10 N–H and O–H groups in total. The number of phenolic OH excluding ortho intramolecular Hbond substituents is 3. The van der Waals surface area contributed by atoms with Gasteiger partial charge in [-0.15, -0.1) is 0 Å². The molecular formula is C31H34N4O10. The van der Waals surface area contributed by atoms with E-state index in [1.807, 2.05) is 0 Å². The molecule has 0 fully saturated rings. The molecule has 0 bridgehead atoms. The van der Waals surface area contributed by atoms with Crippen LogP contribution in [-0.4, -0.2) is 79.4 Å². The largest absolute Gasteiger partial charge is 0.508 e. The Morgan fingerprint density at radius 1 is 0.533 bits per heavy atom. The number of nitrogens with one attached hydrogen (secondary N) is 3. The summed E-state index contributed by atoms with van der Waals surface area (Å²) in [6.07, 6.45) is -1.18. The summed E-state index contributed by atoms with van der Waals surface area (Å²) in [5.41, 5.74) is 7.66. The van der Waals surface area contributed by atoms with E-state index in [9.17, 15) is 49.5 Å². The molecule has 0 aliphatic rings. The minimum absolute atomic E-state index is 0.0254. The number of amides is 3. The zero-order valence-corrected chi connectivity index (χ0v) is 23.9. The molecule has 4 atom stereocenters. The molecule has 45 heavy (non-hydrogen) atoms. The minimum Gasteiger partial charge on any atom is -0.508 e. The van der Waals surface area contributed by atoms with E-state index in [0.717, 1.165) is 0 Å². The van der Waals surface area contributed by atoms with E-state index in [4.69, 9.17) is 5.73 Å². The molecule has 0 heterocycles. The highest BCUT2D eigenvalue weighted by atomic mass is 16.4. The van der Waals surface area contributed by atoms with Crippen molar-refractivity contribution in [2.45, 2.75) is 49.9 Å². The van der Waals surface area contributed by atoms with Gasteiger partial charge in [0.2, 0.25) is 17.7 Å². The number of benzene rings is 3. The normalized spacial score (nSPS) is 13.4. The van der Waals surface area contributed by atoms with Gasteiger partial charge in [-0.3, -0.25) is 19.2 Å². The number of carboxylic acid groups (broad SMARTS) is 2. The van der Waals surface area contributed by atoms with Crippen molar-refractivity contribution in [3.05, 3.63) is 89.5 Å². The molecule has 3 aromatic rings. The van der Waals surface area contributed by atoms with E-state index in [1.165, 1.54) is 60.7 Å². The average Bonchev–Trinajstić information content (AvgIpc) is 2.99. The molecule has 0 saturated carbocycles. The van der Waals surface area contributed by atoms with E-state index in [0.29, 0.717) is 16.7 Å². The molecule has 0 spiro atoms. The number of carbonyl (C=O) groups is 5. The second-order valence-corrected chi connectivity index (χ2v) is 10.3. The van der Waals surface area contributed by atoms with Gasteiger partial charge in [0.25, 0.3) is 0 Å². The number of carboxylic acids is 2. The number of nitrogens with two attached hydrogens (primary N) is 1. The monoisotopic (exact) mass is 622 g/mol. The molecule has 0 aliphatic heterocycles. The van der Waals surface area contributed by atoms with Crippen molar-refractivity contribution < 1.29 is 49.5 Å². The highest BCUT2D eigenvalue weighted by Crippen LogP contribution is 2.14. The quantitative estimate of drug-likeness (QED) is 0.110. The first-order chi connectivity index (χ1) is 21.3. The third-order valence-electron chi connectivity index (χ3n) is 6.74. The van der Waals surface area contributed by atoms with Gasteiger partial charge in [-0.25, -0.2) is 4.79 Å². The minimum atomic E-state index is -1.72. The fourth-order valence-corrected chi connectivity index (χ4v) is 4.33. The summed E-state index contributed by atoms with van der Waals surface area (Å²) in [6, 6.07) is 11.6. The predicted octanol–water partition coefficient (Wildman–Crippen LogP) is 0.172. The van der Waals surface area contributed by atoms with Crippen LogP contribution >= 0.6 is 0 Å². The smallest absolute Gasteiger partial charge is 0.326 e. The van der Waals surface area contributed by atoms with Crippen molar-refractivity contribution in [2.75, 3.05) is 0 Å². The molecule has 0 aromatic heterocycles. The molecule has 4 unspecified atom stereocenters. The maximum atomic E-state index is 13.5. The predicted molar refractivity (Wildman–Crippen MR) is 159 cm³/mol. The molecular weight excluding hydrogens is 588 g/mol. The van der Waals surface area contributed by atoms with E-state index >= 15 is 0 Å². The van der Waals surface area contributed by atoms with Crippen molar-refractivity contribution in [1.29, 1.82) is 0 Å². The Hall–Kier alpha value is -5.63. The second-order valence-electron chi connectivity index (χ2n) is 10.3. The number of rotatable bonds is 15. The number of aromatic hydroxyl groups is 3. The van der Waals surface area contributed by atoms with Crippen LogP contribution in [0.1, 0.15) is 23.1 Å². The van der Waals surface area contributed by atoms with Gasteiger partial charge < -0.3 is 47.2 Å². The second kappa shape index (κ2) is 15.7. The van der Waals surface area contributed by atoms with Gasteiger partial charge >= 0.3 is 11.9 Å². The molecule has 3 rings (SSSR count). The van der Waals surface area contributed by atoms with Crippen LogP contribution in [0.3, 0.4) is 0 Å². The maximum absolute atomic E-state index is 13.5. The first-order valence-electron chi connectivity index (χ1n) is 13.8. The molecule has 14 heteroatoms. The third-order valence-corrected chi connectivity index (χ3v) is 6.74. The van der Waals surface area contributed by atoms with E-state index in [1.54, 1.807) is 12.1 Å². The molecule has 3 aromatic carbocycles. The van der Waals surface area contributed by atoms with Gasteiger partial charge in [-0.2, -0.15) is 0 Å². The lowest BCUT2D eigenvalue weighted by atomic mass is 10.0. The Kier molecular flexibility index (Phi) is 11.8. The lowest BCUT2D eigenvalue weighted by molar-refractivity contribution is -0.143. The molecule has 3 amide bonds. The van der Waals surface area contributed by atoms with Crippen LogP contribution in [0.2, 0.25) is 0 Å². The van der Waals surface area contributed by atoms with Gasteiger partial charge in [-0.05, 0) is 59.5 Å². The summed E-state index contributed by atoms with van der Waals surface area (Å²) in [5, 5.41) is 54.7. The van der Waals surface area contributed by atoms with Gasteiger partial charge in [0.15, 0.2) is 0 Å². The topological polar surface area (TPSA) is 249 Å². The molecule has 0 radical (unpaired) electrons. The molecule has 14 nitrogen and oxygen atoms in total. The average molecular weight is 623 g/mol. The summed E-state index contributed by atoms with van der Waals surface area (Å²) >= 11 is 0. The fourth-order valence-electron chi connectivity index (χ4n) is 4.33. The van der Waals surface area contributed by atoms with Crippen molar-refractivity contribution >= 4 is 29.7 Å². The van der Waals surface area contributed by atoms with Crippen LogP contribution in [-0.2, 0) is 43.2 Å². The van der Waals surface area contributed by atoms with Crippen molar-refractivity contribution in [3.63, 3.8) is 0 Å². The Bertz CT molecular complexity index is 1490. The zero-order chi connectivity index (χ0) is 33.1. The SMILES string of the molecule is NC(Cc1ccc(O)cc1)C(=O)NC(Cc1ccc(O)cc1)C(=O)NC(CC(=O)O)C(=O)NC(Cc1ccc(O)cc1)C(=O)O. The van der Waals surface area contributed by atoms with Gasteiger partial charge in [0.05, 0.1) is 12.5 Å². The number of hydrogen-bond acceptors (Lipinski definition) is 9. The van der Waals surface area contributed by atoms with Crippen molar-refractivity contribution in [1.82, 2.24) is 16.0 Å². The van der Waals surface area contributed by atoms with Gasteiger partial charge in [-0.1, -0.05) is 36.4 Å². The summed E-state index contributed by atoms with van der Waals surface area (Å²) in [4.78, 5) is 63.1. The Balaban J connectivity index is 1.78. The molecule has 0 aliphatic carbocycles. The number of aliphatic carboxylic acids is 2. The number of carbonyl (C=O) groups excluding carboxylic acids is 3. The van der Waals surface area contributed by atoms with Crippen LogP contribution in [0.5, 0.6) is 17.2 Å². The fraction of sp³-hybridized carbons (Fsp3) is 0.258. The van der Waals surface area contributed by atoms with Gasteiger partial charge in [0, 0.05) is 12.8 Å². The first kappa shape index (κ1) is 33.9. The summed E-state index contributed by atoms with van der Waals surface area (Å²) in [6.45, 7) is 0. The van der Waals surface area contributed by atoms with E-state index in [-0.39, 0.29) is 36.5 Å². The lowest BCUT2D eigenvalue weighted by Gasteiger charge is -2.25. The highest BCUT2D eigenvalue weighted by molar-refractivity contribution is 5.95. The highest BCUT2D eigenvalue weighted by Gasteiger charge is 2.32. The van der Waals surface area contributed by atoms with Gasteiger partial charge in [0.1, 0.15) is 35.4 Å². The first-order valence-corrected chi connectivity index (χ1v) is 13.8. The van der Waals surface area contributed by atoms with Crippen molar-refractivity contribution in [3.8, 4) is 17.2 Å². The summed E-state index contributed by atoms with van der Waals surface area (Å²) in [7, 11) is 0. The number of hydrogen-bond donors (Lipinski definition) is 9. The zero-order valence-electron chi connectivity index (χ0n) is 23.9. The number of phenols is 3. The standard InChI is InChI=1S/C31H34N4O10/c32-23(13-17-1-7-20(36)8-2-17)28(41)33-24(14-18-3-9-21(37)10-4-18)29(42)34-25(16-27(39)40)30(43)35-26(31(44)45)15-19-5-11-22(38)12-6-19/h1-12,23-26,36-38H,13-16,32H2,(H,33,41)(H,34,42)(H,35,43)(H,39,40)(H,44,45). The van der Waals surface area contributed by atoms with Crippen LogP contribution < -0.4 is 21.7 Å². The van der Waals surface area contributed by atoms with Crippen LogP contribution in [0.25, 0.3) is 0 Å². The summed E-state index contributed by atoms with van der Waals surface area (Å²) < 4.78 is 0. The van der Waals surface area contributed by atoms with E-state index in [2.05, 4.69) is 16.0 Å². The molecule has 0 saturated heterocycles. The Labute approximate surface area is 257 Å². The maximum Gasteiger partial charge on any atom is 0.326 e. The van der Waals surface area contributed by atoms with E-state index < -0.39 is 60.2 Å².